The number of unbranched alkanes of at least 4 members (excludes halogenated alkanes) is 2. The molecule has 1 aromatic heterocycles. The maximum Gasteiger partial charge on any atom is 0.251 e. The van der Waals surface area contributed by atoms with E-state index in [4.69, 9.17) is 11.6 Å². The summed E-state index contributed by atoms with van der Waals surface area (Å²) in [4.78, 5) is 16.7. The fourth-order valence-corrected chi connectivity index (χ4v) is 2.95. The van der Waals surface area contributed by atoms with Crippen molar-refractivity contribution in [2.75, 3.05) is 6.54 Å². The van der Waals surface area contributed by atoms with Crippen LogP contribution in [0, 0.1) is 6.92 Å². The van der Waals surface area contributed by atoms with E-state index in [9.17, 15) is 4.79 Å². The van der Waals surface area contributed by atoms with E-state index in [1.54, 1.807) is 6.33 Å². The van der Waals surface area contributed by atoms with Gasteiger partial charge in [-0.2, -0.15) is 0 Å². The van der Waals surface area contributed by atoms with E-state index in [0.29, 0.717) is 12.1 Å². The van der Waals surface area contributed by atoms with Crippen LogP contribution in [0.5, 0.6) is 0 Å². The minimum atomic E-state index is -0.0501. The third-order valence-electron chi connectivity index (χ3n) is 4.31. The van der Waals surface area contributed by atoms with E-state index in [0.717, 1.165) is 46.6 Å². The van der Waals surface area contributed by atoms with Gasteiger partial charge in [-0.15, -0.1) is 0 Å². The Morgan fingerprint density at radius 2 is 2.04 bits per heavy atom. The van der Waals surface area contributed by atoms with E-state index in [-0.39, 0.29) is 5.91 Å². The van der Waals surface area contributed by atoms with Crippen molar-refractivity contribution in [2.24, 2.45) is 0 Å². The molecule has 3 aromatic rings. The van der Waals surface area contributed by atoms with Gasteiger partial charge in [-0.3, -0.25) is 9.36 Å². The summed E-state index contributed by atoms with van der Waals surface area (Å²) in [5, 5.41) is 3.68. The summed E-state index contributed by atoms with van der Waals surface area (Å²) in [7, 11) is 0. The maximum absolute atomic E-state index is 12.2. The number of benzene rings is 2. The van der Waals surface area contributed by atoms with Gasteiger partial charge in [0, 0.05) is 22.8 Å². The topological polar surface area (TPSA) is 46.9 Å². The number of aromatic nitrogens is 2. The Kier molecular flexibility index (Phi) is 5.39. The van der Waals surface area contributed by atoms with Gasteiger partial charge < -0.3 is 5.32 Å². The second-order valence-corrected chi connectivity index (χ2v) is 6.62. The zero-order valence-electron chi connectivity index (χ0n) is 14.6. The van der Waals surface area contributed by atoms with Crippen LogP contribution in [-0.2, 0) is 0 Å². The minimum absolute atomic E-state index is 0.0501. The molecule has 0 saturated carbocycles. The number of nitrogens with zero attached hydrogens (tertiary/aromatic N) is 2. The first-order valence-corrected chi connectivity index (χ1v) is 9.00. The van der Waals surface area contributed by atoms with Crippen LogP contribution in [0.15, 0.2) is 42.7 Å². The summed E-state index contributed by atoms with van der Waals surface area (Å²) in [6, 6.07) is 11.5. The molecule has 1 heterocycles. The highest BCUT2D eigenvalue weighted by Crippen LogP contribution is 2.23. The third kappa shape index (κ3) is 3.85. The fraction of sp³-hybridized carbons (Fsp3) is 0.300. The molecule has 5 heteroatoms. The number of aryl methyl sites for hydroxylation is 1. The summed E-state index contributed by atoms with van der Waals surface area (Å²) in [5.41, 5.74) is 4.36. The van der Waals surface area contributed by atoms with Crippen molar-refractivity contribution in [1.82, 2.24) is 14.9 Å². The number of hydrogen-bond donors (Lipinski definition) is 1. The lowest BCUT2D eigenvalue weighted by Gasteiger charge is -2.07. The normalized spacial score (nSPS) is 11.0. The predicted molar refractivity (Wildman–Crippen MR) is 103 cm³/mol. The molecule has 3 rings (SSSR count). The third-order valence-corrected chi connectivity index (χ3v) is 4.72. The Morgan fingerprint density at radius 3 is 2.80 bits per heavy atom. The molecule has 0 radical (unpaired) electrons. The van der Waals surface area contributed by atoms with E-state index in [1.807, 2.05) is 47.9 Å². The van der Waals surface area contributed by atoms with Gasteiger partial charge in [0.2, 0.25) is 0 Å². The van der Waals surface area contributed by atoms with Gasteiger partial charge in [0.05, 0.1) is 11.0 Å². The van der Waals surface area contributed by atoms with Crippen molar-refractivity contribution < 1.29 is 4.79 Å². The summed E-state index contributed by atoms with van der Waals surface area (Å²) in [6.07, 6.45) is 5.03. The number of carbonyl (C=O) groups is 1. The molecule has 0 aliphatic heterocycles. The second kappa shape index (κ2) is 7.70. The monoisotopic (exact) mass is 355 g/mol. The number of imidazole rings is 1. The van der Waals surface area contributed by atoms with Gasteiger partial charge >= 0.3 is 0 Å². The van der Waals surface area contributed by atoms with Crippen molar-refractivity contribution in [3.05, 3.63) is 58.9 Å². The zero-order chi connectivity index (χ0) is 17.8. The molecule has 0 saturated heterocycles. The second-order valence-electron chi connectivity index (χ2n) is 6.21. The molecular formula is C20H22ClN3O. The summed E-state index contributed by atoms with van der Waals surface area (Å²) < 4.78 is 1.98. The lowest BCUT2D eigenvalue weighted by Crippen LogP contribution is -2.24. The molecule has 25 heavy (non-hydrogen) atoms. The van der Waals surface area contributed by atoms with Crippen LogP contribution in [0.1, 0.15) is 42.1 Å². The van der Waals surface area contributed by atoms with Gasteiger partial charge in [0.25, 0.3) is 5.91 Å². The van der Waals surface area contributed by atoms with Crippen LogP contribution >= 0.6 is 11.6 Å². The lowest BCUT2D eigenvalue weighted by molar-refractivity contribution is 0.0953. The quantitative estimate of drug-likeness (QED) is 0.639. The Bertz CT molecular complexity index is 901. The first kappa shape index (κ1) is 17.5. The van der Waals surface area contributed by atoms with Gasteiger partial charge in [-0.05, 0) is 49.2 Å². The first-order chi connectivity index (χ1) is 12.1. The van der Waals surface area contributed by atoms with E-state index in [1.165, 1.54) is 0 Å². The molecular weight excluding hydrogens is 334 g/mol. The number of fused-ring (bicyclic) bond motifs is 1. The zero-order valence-corrected chi connectivity index (χ0v) is 15.3. The summed E-state index contributed by atoms with van der Waals surface area (Å²) in [6.45, 7) is 4.83. The highest BCUT2D eigenvalue weighted by atomic mass is 35.5. The Morgan fingerprint density at radius 1 is 1.20 bits per heavy atom. The number of carbonyl (C=O) groups excluding carboxylic acids is 1. The Balaban J connectivity index is 1.83. The molecule has 0 aliphatic rings. The van der Waals surface area contributed by atoms with Crippen molar-refractivity contribution in [3.8, 4) is 5.69 Å². The van der Waals surface area contributed by atoms with Crippen LogP contribution in [-0.4, -0.2) is 22.0 Å². The van der Waals surface area contributed by atoms with Gasteiger partial charge in [0.1, 0.15) is 6.33 Å². The SMILES string of the molecule is CCCCCNC(=O)c1ccc2c(c1)ncn2-c1ccc(C)c(Cl)c1. The van der Waals surface area contributed by atoms with Crippen LogP contribution in [0.4, 0.5) is 0 Å². The lowest BCUT2D eigenvalue weighted by atomic mass is 10.1. The average Bonchev–Trinajstić information content (AvgIpc) is 3.04. The van der Waals surface area contributed by atoms with Crippen LogP contribution in [0.25, 0.3) is 16.7 Å². The maximum atomic E-state index is 12.2. The molecule has 130 valence electrons. The smallest absolute Gasteiger partial charge is 0.251 e. The standard InChI is InChI=1S/C20H22ClN3O/c1-3-4-5-10-22-20(25)15-7-9-19-18(11-15)23-13-24(19)16-8-6-14(2)17(21)12-16/h6-9,11-13H,3-5,10H2,1-2H3,(H,22,25). The largest absolute Gasteiger partial charge is 0.352 e. The first-order valence-electron chi connectivity index (χ1n) is 8.62. The van der Waals surface area contributed by atoms with Gasteiger partial charge in [0.15, 0.2) is 0 Å². The van der Waals surface area contributed by atoms with Crippen molar-refractivity contribution >= 4 is 28.5 Å². The number of hydrogen-bond acceptors (Lipinski definition) is 2. The molecule has 0 spiro atoms. The summed E-state index contributed by atoms with van der Waals surface area (Å²) in [5.74, 6) is -0.0501. The highest BCUT2D eigenvalue weighted by molar-refractivity contribution is 6.31. The summed E-state index contributed by atoms with van der Waals surface area (Å²) >= 11 is 6.23. The molecule has 1 amide bonds. The van der Waals surface area contributed by atoms with Gasteiger partial charge in [-0.25, -0.2) is 4.98 Å². The molecule has 0 bridgehead atoms. The molecule has 0 aliphatic carbocycles. The number of nitrogens with one attached hydrogen (secondary N) is 1. The Hall–Kier alpha value is -2.33. The van der Waals surface area contributed by atoms with Crippen LogP contribution in [0.3, 0.4) is 0 Å². The highest BCUT2D eigenvalue weighted by Gasteiger charge is 2.10. The molecule has 0 atom stereocenters. The predicted octanol–water partition coefficient (Wildman–Crippen LogP) is 4.91. The van der Waals surface area contributed by atoms with Crippen molar-refractivity contribution in [3.63, 3.8) is 0 Å². The van der Waals surface area contributed by atoms with Crippen molar-refractivity contribution in [1.29, 1.82) is 0 Å². The van der Waals surface area contributed by atoms with Crippen molar-refractivity contribution in [2.45, 2.75) is 33.1 Å². The van der Waals surface area contributed by atoms with Gasteiger partial charge in [-0.1, -0.05) is 37.4 Å². The van der Waals surface area contributed by atoms with Crippen LogP contribution < -0.4 is 5.32 Å². The number of halogens is 1. The molecule has 1 N–H and O–H groups in total. The van der Waals surface area contributed by atoms with E-state index < -0.39 is 0 Å². The number of rotatable bonds is 6. The molecule has 2 aromatic carbocycles. The minimum Gasteiger partial charge on any atom is -0.352 e. The molecule has 0 unspecified atom stereocenters. The fourth-order valence-electron chi connectivity index (χ4n) is 2.77. The van der Waals surface area contributed by atoms with E-state index >= 15 is 0 Å². The van der Waals surface area contributed by atoms with E-state index in [2.05, 4.69) is 17.2 Å². The number of amides is 1. The molecule has 4 nitrogen and oxygen atoms in total. The molecule has 0 fully saturated rings. The van der Waals surface area contributed by atoms with Crippen LogP contribution in [0.2, 0.25) is 5.02 Å². The average molecular weight is 356 g/mol. The Labute approximate surface area is 152 Å².